The predicted octanol–water partition coefficient (Wildman–Crippen LogP) is 2.44. The molecule has 0 aromatic carbocycles. The summed E-state index contributed by atoms with van der Waals surface area (Å²) in [7, 11) is 0. The van der Waals surface area contributed by atoms with E-state index in [0.717, 1.165) is 0 Å². The van der Waals surface area contributed by atoms with E-state index in [-0.39, 0.29) is 31.1 Å². The first kappa shape index (κ1) is 14.4. The summed E-state index contributed by atoms with van der Waals surface area (Å²) in [4.78, 5) is 24.0. The number of aliphatic hydroxyl groups is 3. The first-order valence-electron chi connectivity index (χ1n) is 14.5. The highest BCUT2D eigenvalue weighted by atomic mass is 16.5. The molecule has 7 heteroatoms. The van der Waals surface area contributed by atoms with Gasteiger partial charge in [-0.05, 0) is 43.0 Å². The van der Waals surface area contributed by atoms with Gasteiger partial charge in [-0.3, -0.25) is 9.59 Å². The molecule has 0 aromatic rings. The van der Waals surface area contributed by atoms with Crippen LogP contribution in [0.15, 0.2) is 23.8 Å². The Balaban J connectivity index is 2.35. The van der Waals surface area contributed by atoms with Gasteiger partial charge >= 0.3 is 11.9 Å². The van der Waals surface area contributed by atoms with Crippen molar-refractivity contribution < 1.29 is 47.1 Å². The van der Waals surface area contributed by atoms with Crippen LogP contribution in [0.25, 0.3) is 0 Å². The fourth-order valence-electron chi connectivity index (χ4n) is 4.34. The van der Waals surface area contributed by atoms with Gasteiger partial charge in [-0.2, -0.15) is 0 Å². The van der Waals surface area contributed by atoms with E-state index < -0.39 is 74.7 Å². The molecule has 7 nitrogen and oxygen atoms in total. The van der Waals surface area contributed by atoms with Crippen LogP contribution in [-0.2, 0) is 14.3 Å². The number of rotatable bonds is 10. The minimum atomic E-state index is -3.81. The van der Waals surface area contributed by atoms with Crippen LogP contribution in [-0.4, -0.2) is 56.8 Å². The minimum Gasteiger partial charge on any atom is -0.481 e. The number of carboxylic acid groups (broad SMARTS) is 1. The number of carbonyl (C=O) groups excluding carboxylic acids is 1. The molecule has 2 aliphatic rings. The van der Waals surface area contributed by atoms with Crippen molar-refractivity contribution in [3.63, 3.8) is 0 Å². The van der Waals surface area contributed by atoms with E-state index in [0.29, 0.717) is 12.0 Å². The van der Waals surface area contributed by atoms with Crippen LogP contribution in [0, 0.1) is 23.6 Å². The highest BCUT2D eigenvalue weighted by Gasteiger charge is 2.42. The first-order valence-corrected chi connectivity index (χ1v) is 10.0. The van der Waals surface area contributed by atoms with Crippen molar-refractivity contribution in [3.05, 3.63) is 23.8 Å². The number of fused-ring (bicyclic) bond motifs is 1. The molecular weight excluding hydrogens is 388 g/mol. The lowest BCUT2D eigenvalue weighted by molar-refractivity contribution is -0.159. The topological polar surface area (TPSA) is 124 Å². The molecule has 0 aliphatic heterocycles. The smallest absolute Gasteiger partial charge is 0.308 e. The second-order valence-electron chi connectivity index (χ2n) is 8.04. The Morgan fingerprint density at radius 1 is 1.40 bits per heavy atom. The summed E-state index contributed by atoms with van der Waals surface area (Å²) in [5.74, 6) is -8.10. The molecule has 0 radical (unpaired) electrons. The van der Waals surface area contributed by atoms with Crippen molar-refractivity contribution >= 4 is 11.9 Å². The van der Waals surface area contributed by atoms with Crippen LogP contribution in [0.3, 0.4) is 0 Å². The quantitative estimate of drug-likeness (QED) is 0.390. The molecule has 0 bridgehead atoms. The maximum Gasteiger partial charge on any atom is 0.308 e. The van der Waals surface area contributed by atoms with Crippen molar-refractivity contribution in [1.29, 1.82) is 0 Å². The van der Waals surface area contributed by atoms with Gasteiger partial charge in [0.25, 0.3) is 0 Å². The van der Waals surface area contributed by atoms with Gasteiger partial charge in [-0.25, -0.2) is 0 Å². The van der Waals surface area contributed by atoms with E-state index in [1.165, 1.54) is 6.08 Å². The van der Waals surface area contributed by atoms with E-state index in [2.05, 4.69) is 0 Å². The zero-order valence-electron chi connectivity index (χ0n) is 25.8. The highest BCUT2D eigenvalue weighted by Crippen LogP contribution is 2.44. The van der Waals surface area contributed by atoms with Gasteiger partial charge in [0.05, 0.1) is 30.6 Å². The third kappa shape index (κ3) is 6.65. The fourth-order valence-corrected chi connectivity index (χ4v) is 4.34. The van der Waals surface area contributed by atoms with Crippen molar-refractivity contribution in [3.8, 4) is 0 Å². The molecule has 0 saturated heterocycles. The lowest BCUT2D eigenvalue weighted by atomic mass is 9.66. The first-order chi connectivity index (χ1) is 17.6. The molecule has 0 spiro atoms. The van der Waals surface area contributed by atoms with Gasteiger partial charge in [-0.1, -0.05) is 38.9 Å². The van der Waals surface area contributed by atoms with Crippen molar-refractivity contribution in [2.24, 2.45) is 23.6 Å². The third-order valence-corrected chi connectivity index (χ3v) is 5.75. The van der Waals surface area contributed by atoms with Crippen molar-refractivity contribution in [2.75, 3.05) is 0 Å². The van der Waals surface area contributed by atoms with Crippen LogP contribution in [0.2, 0.25) is 0 Å². The largest absolute Gasteiger partial charge is 0.481 e. The summed E-state index contributed by atoms with van der Waals surface area (Å²) >= 11 is 0. The molecule has 8 atom stereocenters. The molecular formula is C23H36O7. The molecule has 0 saturated carbocycles. The number of esters is 1. The van der Waals surface area contributed by atoms with Crippen LogP contribution in [0.1, 0.15) is 71.4 Å². The standard InChI is InChI=1S/C23H36O7/c1-4-13(2)23(29)30-20-11-17(25)9-15-6-5-14(3)19(22(15)20)8-7-16(24)10-18(26)12-21(27)28/h5-6,9,13-14,16-20,22,24-26H,4,7-8,10-12H2,1-3H3,(H,27,28)/t13-,14-,16+,17+,18+,19-,20-,22-/m0/s1/i1D3,2D3,4D2,13D. The van der Waals surface area contributed by atoms with Gasteiger partial charge in [-0.15, -0.1) is 0 Å². The van der Waals surface area contributed by atoms with E-state index >= 15 is 0 Å². The van der Waals surface area contributed by atoms with E-state index in [1.54, 1.807) is 6.08 Å². The Morgan fingerprint density at radius 3 is 2.83 bits per heavy atom. The Labute approximate surface area is 191 Å². The second kappa shape index (κ2) is 11.1. The van der Waals surface area contributed by atoms with Crippen molar-refractivity contribution in [1.82, 2.24) is 0 Å². The number of aliphatic hydroxyl groups excluding tert-OH is 3. The van der Waals surface area contributed by atoms with Crippen molar-refractivity contribution in [2.45, 2.75) is 83.5 Å². The number of ether oxygens (including phenoxy) is 1. The molecule has 0 unspecified atom stereocenters. The van der Waals surface area contributed by atoms with Crippen LogP contribution >= 0.6 is 0 Å². The number of hydrogen-bond donors (Lipinski definition) is 4. The molecule has 0 heterocycles. The zero-order valence-corrected chi connectivity index (χ0v) is 16.8. The van der Waals surface area contributed by atoms with E-state index in [4.69, 9.17) is 22.2 Å². The monoisotopic (exact) mass is 433 g/mol. The predicted molar refractivity (Wildman–Crippen MR) is 111 cm³/mol. The number of allylic oxidation sites excluding steroid dienone is 2. The maximum atomic E-state index is 13.2. The highest BCUT2D eigenvalue weighted by molar-refractivity contribution is 5.72. The SMILES string of the molecule is [2H]C([2H])([2H])C([2H])([2H])[C@@]([2H])(C(=O)O[C@H]1C[C@H](O)C=C2C=C[C@H](C)[C@H](CC[C@@H](O)C[C@@H](O)CC(=O)O)[C@H]21)C([2H])([2H])[2H]. The minimum absolute atomic E-state index is 0.131. The molecule has 30 heavy (non-hydrogen) atoms. The normalized spacial score (nSPS) is 38.1. The van der Waals surface area contributed by atoms with Crippen LogP contribution in [0.4, 0.5) is 0 Å². The molecule has 0 amide bonds. The molecule has 170 valence electrons. The number of carboxylic acids is 1. The number of carbonyl (C=O) groups is 2. The zero-order chi connectivity index (χ0) is 30.1. The molecule has 2 aliphatic carbocycles. The summed E-state index contributed by atoms with van der Waals surface area (Å²) in [6, 6.07) is 0. The summed E-state index contributed by atoms with van der Waals surface area (Å²) in [6.45, 7) is -5.52. The summed E-state index contributed by atoms with van der Waals surface area (Å²) < 4.78 is 75.0. The molecule has 0 fully saturated rings. The van der Waals surface area contributed by atoms with Crippen LogP contribution < -0.4 is 0 Å². The second-order valence-corrected chi connectivity index (χ2v) is 8.04. The Morgan fingerprint density at radius 2 is 2.17 bits per heavy atom. The van der Waals surface area contributed by atoms with E-state index in [9.17, 15) is 24.9 Å². The lowest BCUT2D eigenvalue weighted by Gasteiger charge is -2.43. The number of aliphatic carboxylic acids is 1. The van der Waals surface area contributed by atoms with E-state index in [1.807, 2.05) is 13.0 Å². The molecule has 2 rings (SSSR count). The average Bonchev–Trinajstić information content (AvgIpc) is 2.75. The number of hydrogen-bond acceptors (Lipinski definition) is 6. The third-order valence-electron chi connectivity index (χ3n) is 5.75. The average molecular weight is 434 g/mol. The fraction of sp³-hybridized carbons (Fsp3) is 0.739. The molecule has 0 aromatic heterocycles. The van der Waals surface area contributed by atoms with Gasteiger partial charge in [0.1, 0.15) is 6.10 Å². The van der Waals surface area contributed by atoms with Gasteiger partial charge in [0.15, 0.2) is 0 Å². The molecule has 4 N–H and O–H groups in total. The maximum absolute atomic E-state index is 13.2. The lowest BCUT2D eigenvalue weighted by Crippen LogP contribution is -2.43. The van der Waals surface area contributed by atoms with Gasteiger partial charge < -0.3 is 25.2 Å². The summed E-state index contributed by atoms with van der Waals surface area (Å²) in [5.41, 5.74) is 0.540. The summed E-state index contributed by atoms with van der Waals surface area (Å²) in [5, 5.41) is 39.4. The van der Waals surface area contributed by atoms with Crippen LogP contribution in [0.5, 0.6) is 0 Å². The Hall–Kier alpha value is -1.70. The van der Waals surface area contributed by atoms with Gasteiger partial charge in [0.2, 0.25) is 0 Å². The Kier molecular flexibility index (Phi) is 5.31. The summed E-state index contributed by atoms with van der Waals surface area (Å²) in [6.07, 6.45) is -3.94. The van der Waals surface area contributed by atoms with Gasteiger partial charge in [0, 0.05) is 24.7 Å². The Bertz CT molecular complexity index is 963.